The lowest BCUT2D eigenvalue weighted by Gasteiger charge is -2.32. The average Bonchev–Trinajstić information content (AvgIpc) is 3.09. The Kier molecular flexibility index (Phi) is 4.36. The molecular weight excluding hydrogens is 272 g/mol. The average molecular weight is 294 g/mol. The standard InChI is InChI=1S/C15H22N2O2S/c18-15(19)13-7-3-4-8-17(13)10-12-9-16-14(20-12)11-5-1-2-6-11/h9,11,13H,1-8,10H2,(H,18,19). The minimum Gasteiger partial charge on any atom is -0.480 e. The lowest BCUT2D eigenvalue weighted by Crippen LogP contribution is -2.43. The van der Waals surface area contributed by atoms with Gasteiger partial charge < -0.3 is 5.11 Å². The summed E-state index contributed by atoms with van der Waals surface area (Å²) in [6.45, 7) is 1.65. The normalized spacial score (nSPS) is 25.1. The predicted octanol–water partition coefficient (Wildman–Crippen LogP) is 3.24. The van der Waals surface area contributed by atoms with E-state index in [1.807, 2.05) is 6.20 Å². The zero-order valence-corrected chi connectivity index (χ0v) is 12.6. The molecule has 0 amide bonds. The summed E-state index contributed by atoms with van der Waals surface area (Å²) < 4.78 is 0. The Labute approximate surface area is 123 Å². The number of carbonyl (C=O) groups is 1. The van der Waals surface area contributed by atoms with Gasteiger partial charge in [-0.1, -0.05) is 19.3 Å². The van der Waals surface area contributed by atoms with Crippen LogP contribution in [0.15, 0.2) is 6.20 Å². The van der Waals surface area contributed by atoms with E-state index in [1.54, 1.807) is 11.3 Å². The quantitative estimate of drug-likeness (QED) is 0.926. The van der Waals surface area contributed by atoms with Crippen LogP contribution in [0.3, 0.4) is 0 Å². The molecule has 1 aliphatic heterocycles. The fourth-order valence-corrected chi connectivity index (χ4v) is 4.53. The largest absolute Gasteiger partial charge is 0.480 e. The Morgan fingerprint density at radius 1 is 1.30 bits per heavy atom. The molecule has 2 fully saturated rings. The topological polar surface area (TPSA) is 53.4 Å². The first kappa shape index (κ1) is 14.0. The fraction of sp³-hybridized carbons (Fsp3) is 0.733. The molecule has 1 aromatic heterocycles. The van der Waals surface area contributed by atoms with Crippen molar-refractivity contribution in [2.24, 2.45) is 0 Å². The third kappa shape index (κ3) is 3.04. The van der Waals surface area contributed by atoms with Crippen LogP contribution < -0.4 is 0 Å². The summed E-state index contributed by atoms with van der Waals surface area (Å²) in [5, 5.41) is 10.6. The van der Waals surface area contributed by atoms with Crippen molar-refractivity contribution < 1.29 is 9.90 Å². The van der Waals surface area contributed by atoms with Crippen molar-refractivity contribution in [3.8, 4) is 0 Å². The number of likely N-dealkylation sites (tertiary alicyclic amines) is 1. The van der Waals surface area contributed by atoms with Gasteiger partial charge in [0.1, 0.15) is 6.04 Å². The van der Waals surface area contributed by atoms with Crippen LogP contribution in [0.5, 0.6) is 0 Å². The maximum atomic E-state index is 11.3. The number of hydrogen-bond donors (Lipinski definition) is 1. The monoisotopic (exact) mass is 294 g/mol. The van der Waals surface area contributed by atoms with E-state index in [0.717, 1.165) is 32.4 Å². The SMILES string of the molecule is O=C(O)C1CCCCN1Cc1cnc(C2CCCC2)s1. The van der Waals surface area contributed by atoms with E-state index in [4.69, 9.17) is 0 Å². The summed E-state index contributed by atoms with van der Waals surface area (Å²) in [4.78, 5) is 19.2. The van der Waals surface area contributed by atoms with Crippen LogP contribution in [0, 0.1) is 0 Å². The second kappa shape index (κ2) is 6.22. The molecule has 0 bridgehead atoms. The summed E-state index contributed by atoms with van der Waals surface area (Å²) >= 11 is 1.79. The number of hydrogen-bond acceptors (Lipinski definition) is 4. The molecule has 4 nitrogen and oxygen atoms in total. The maximum absolute atomic E-state index is 11.3. The molecule has 3 rings (SSSR count). The highest BCUT2D eigenvalue weighted by Gasteiger charge is 2.29. The molecular formula is C15H22N2O2S. The third-order valence-corrected chi connectivity index (χ3v) is 5.68. The highest BCUT2D eigenvalue weighted by Crippen LogP contribution is 2.36. The van der Waals surface area contributed by atoms with Crippen LogP contribution in [0.25, 0.3) is 0 Å². The van der Waals surface area contributed by atoms with Crippen LogP contribution in [0.2, 0.25) is 0 Å². The lowest BCUT2D eigenvalue weighted by atomic mass is 10.0. The van der Waals surface area contributed by atoms with Gasteiger partial charge in [-0.05, 0) is 32.2 Å². The molecule has 0 aromatic carbocycles. The molecule has 2 aliphatic rings. The Balaban J connectivity index is 1.65. The smallest absolute Gasteiger partial charge is 0.320 e. The van der Waals surface area contributed by atoms with E-state index in [0.29, 0.717) is 5.92 Å². The molecule has 5 heteroatoms. The zero-order chi connectivity index (χ0) is 13.9. The molecule has 1 saturated heterocycles. The van der Waals surface area contributed by atoms with Gasteiger partial charge in [-0.15, -0.1) is 11.3 Å². The molecule has 1 atom stereocenters. The first-order valence-electron chi connectivity index (χ1n) is 7.65. The highest BCUT2D eigenvalue weighted by atomic mass is 32.1. The van der Waals surface area contributed by atoms with E-state index in [2.05, 4.69) is 9.88 Å². The van der Waals surface area contributed by atoms with Gasteiger partial charge in [0.15, 0.2) is 0 Å². The van der Waals surface area contributed by atoms with Gasteiger partial charge in [0.25, 0.3) is 0 Å². The van der Waals surface area contributed by atoms with Crippen molar-refractivity contribution >= 4 is 17.3 Å². The molecule has 0 spiro atoms. The summed E-state index contributed by atoms with van der Waals surface area (Å²) in [5.41, 5.74) is 0. The first-order valence-corrected chi connectivity index (χ1v) is 8.47. The lowest BCUT2D eigenvalue weighted by molar-refractivity contribution is -0.144. The van der Waals surface area contributed by atoms with Crippen LogP contribution in [0.4, 0.5) is 0 Å². The predicted molar refractivity (Wildman–Crippen MR) is 79.0 cm³/mol. The van der Waals surface area contributed by atoms with Crippen molar-refractivity contribution in [1.29, 1.82) is 0 Å². The number of carboxylic acids is 1. The van der Waals surface area contributed by atoms with Gasteiger partial charge in [-0.3, -0.25) is 9.69 Å². The second-order valence-electron chi connectivity index (χ2n) is 5.97. The second-order valence-corrected chi connectivity index (χ2v) is 7.11. The maximum Gasteiger partial charge on any atom is 0.320 e. The number of rotatable bonds is 4. The number of thiazole rings is 1. The zero-order valence-electron chi connectivity index (χ0n) is 11.8. The van der Waals surface area contributed by atoms with Crippen molar-refractivity contribution in [1.82, 2.24) is 9.88 Å². The van der Waals surface area contributed by atoms with E-state index in [1.165, 1.54) is 35.6 Å². The minimum absolute atomic E-state index is 0.305. The molecule has 1 saturated carbocycles. The molecule has 1 N–H and O–H groups in total. The van der Waals surface area contributed by atoms with E-state index < -0.39 is 5.97 Å². The molecule has 110 valence electrons. The van der Waals surface area contributed by atoms with Crippen molar-refractivity contribution in [3.05, 3.63) is 16.1 Å². The molecule has 2 heterocycles. The Hall–Kier alpha value is -0.940. The molecule has 1 aromatic rings. The number of aliphatic carboxylic acids is 1. The van der Waals surface area contributed by atoms with Crippen LogP contribution in [-0.2, 0) is 11.3 Å². The van der Waals surface area contributed by atoms with Crippen LogP contribution >= 0.6 is 11.3 Å². The number of aromatic nitrogens is 1. The summed E-state index contributed by atoms with van der Waals surface area (Å²) in [5.74, 6) is -0.0180. The molecule has 1 aliphatic carbocycles. The van der Waals surface area contributed by atoms with Gasteiger partial charge in [0.05, 0.1) is 5.01 Å². The van der Waals surface area contributed by atoms with Gasteiger partial charge >= 0.3 is 5.97 Å². The summed E-state index contributed by atoms with van der Waals surface area (Å²) in [6.07, 6.45) is 10.1. The van der Waals surface area contributed by atoms with Gasteiger partial charge in [0.2, 0.25) is 0 Å². The van der Waals surface area contributed by atoms with Crippen molar-refractivity contribution in [2.45, 2.75) is 63.5 Å². The summed E-state index contributed by atoms with van der Waals surface area (Å²) in [7, 11) is 0. The summed E-state index contributed by atoms with van der Waals surface area (Å²) in [6, 6.07) is -0.305. The number of carboxylic acid groups (broad SMARTS) is 1. The van der Waals surface area contributed by atoms with E-state index in [-0.39, 0.29) is 6.04 Å². The van der Waals surface area contributed by atoms with Gasteiger partial charge in [-0.25, -0.2) is 4.98 Å². The van der Waals surface area contributed by atoms with Crippen molar-refractivity contribution in [3.63, 3.8) is 0 Å². The molecule has 0 radical (unpaired) electrons. The van der Waals surface area contributed by atoms with E-state index >= 15 is 0 Å². The Morgan fingerprint density at radius 2 is 2.05 bits per heavy atom. The Morgan fingerprint density at radius 3 is 2.80 bits per heavy atom. The minimum atomic E-state index is -0.676. The van der Waals surface area contributed by atoms with Crippen LogP contribution in [0.1, 0.15) is 60.7 Å². The Bertz CT molecular complexity index is 468. The molecule has 1 unspecified atom stereocenters. The number of nitrogens with zero attached hydrogens (tertiary/aromatic N) is 2. The molecule has 20 heavy (non-hydrogen) atoms. The number of piperidine rings is 1. The van der Waals surface area contributed by atoms with E-state index in [9.17, 15) is 9.90 Å². The van der Waals surface area contributed by atoms with Crippen molar-refractivity contribution in [2.75, 3.05) is 6.54 Å². The highest BCUT2D eigenvalue weighted by molar-refractivity contribution is 7.11. The van der Waals surface area contributed by atoms with Crippen LogP contribution in [-0.4, -0.2) is 33.5 Å². The fourth-order valence-electron chi connectivity index (χ4n) is 3.42. The van der Waals surface area contributed by atoms with Gasteiger partial charge in [0, 0.05) is 23.5 Å². The first-order chi connectivity index (χ1) is 9.74. The third-order valence-electron chi connectivity index (χ3n) is 4.53. The van der Waals surface area contributed by atoms with Gasteiger partial charge in [-0.2, -0.15) is 0 Å².